The molecule has 0 aliphatic rings. The number of carbonyl (C=O) groups excluding carboxylic acids is 1. The van der Waals surface area contributed by atoms with E-state index in [4.69, 9.17) is 5.73 Å². The van der Waals surface area contributed by atoms with Gasteiger partial charge < -0.3 is 10.3 Å². The zero-order valence-corrected chi connectivity index (χ0v) is 9.41. The molecule has 0 bridgehead atoms. The van der Waals surface area contributed by atoms with Crippen LogP contribution in [0.25, 0.3) is 0 Å². The maximum Gasteiger partial charge on any atom is 0.218 e. The predicted molar refractivity (Wildman–Crippen MR) is 55.7 cm³/mol. The Hall–Kier alpha value is -1.30. The molecule has 1 rings (SSSR count). The maximum absolute atomic E-state index is 11.2. The summed E-state index contributed by atoms with van der Waals surface area (Å²) in [6.07, 6.45) is 4.33. The van der Waals surface area contributed by atoms with Crippen LogP contribution in [-0.4, -0.2) is 25.1 Å². The van der Waals surface area contributed by atoms with Gasteiger partial charge in [0.05, 0.1) is 4.90 Å². The second-order valence-corrected chi connectivity index (χ2v) is 5.37. The molecule has 1 aromatic rings. The standard InChI is InChI=1S/C9H13N2O3S/c1-11-6-8(15(2,13)14)5-7(11)3-4-9(10)12/h3,5-6H,4H2,1-2H3,(H2,10,12). The van der Waals surface area contributed by atoms with E-state index in [-0.39, 0.29) is 11.3 Å². The number of primary amides is 1. The first-order valence-electron chi connectivity index (χ1n) is 4.28. The minimum Gasteiger partial charge on any atom is -0.370 e. The van der Waals surface area contributed by atoms with Gasteiger partial charge in [-0.05, 0) is 6.07 Å². The van der Waals surface area contributed by atoms with Gasteiger partial charge in [-0.25, -0.2) is 8.42 Å². The third kappa shape index (κ3) is 3.09. The van der Waals surface area contributed by atoms with E-state index in [9.17, 15) is 13.2 Å². The second-order valence-electron chi connectivity index (χ2n) is 3.36. The molecular weight excluding hydrogens is 216 g/mol. The van der Waals surface area contributed by atoms with E-state index < -0.39 is 15.7 Å². The number of carbonyl (C=O) groups is 1. The number of hydrogen-bond donors (Lipinski definition) is 1. The third-order valence-electron chi connectivity index (χ3n) is 1.96. The summed E-state index contributed by atoms with van der Waals surface area (Å²) in [4.78, 5) is 10.8. The lowest BCUT2D eigenvalue weighted by molar-refractivity contribution is -0.117. The summed E-state index contributed by atoms with van der Waals surface area (Å²) in [5.41, 5.74) is 5.65. The molecule has 5 nitrogen and oxygen atoms in total. The van der Waals surface area contributed by atoms with Crippen LogP contribution in [-0.2, 0) is 21.7 Å². The minimum absolute atomic E-state index is 0.0983. The number of aryl methyl sites for hydroxylation is 1. The van der Waals surface area contributed by atoms with Crippen molar-refractivity contribution in [2.45, 2.75) is 11.3 Å². The Bertz CT molecular complexity index is 474. The topological polar surface area (TPSA) is 82.2 Å². The van der Waals surface area contributed by atoms with Crippen molar-refractivity contribution in [1.82, 2.24) is 4.57 Å². The molecule has 1 aromatic heterocycles. The van der Waals surface area contributed by atoms with Crippen LogP contribution in [0.2, 0.25) is 0 Å². The van der Waals surface area contributed by atoms with E-state index in [0.29, 0.717) is 5.69 Å². The van der Waals surface area contributed by atoms with Crippen molar-refractivity contribution in [2.75, 3.05) is 6.26 Å². The molecule has 15 heavy (non-hydrogen) atoms. The Morgan fingerprint density at radius 2 is 2.20 bits per heavy atom. The lowest BCUT2D eigenvalue weighted by Gasteiger charge is -1.98. The van der Waals surface area contributed by atoms with Gasteiger partial charge in [-0.3, -0.25) is 4.79 Å². The Morgan fingerprint density at radius 1 is 1.60 bits per heavy atom. The quantitative estimate of drug-likeness (QED) is 0.779. The van der Waals surface area contributed by atoms with Crippen LogP contribution in [0.5, 0.6) is 0 Å². The van der Waals surface area contributed by atoms with Gasteiger partial charge in [0.15, 0.2) is 9.84 Å². The van der Waals surface area contributed by atoms with Gasteiger partial charge >= 0.3 is 0 Å². The average Bonchev–Trinajstić information content (AvgIpc) is 2.42. The number of rotatable bonds is 4. The Kier molecular flexibility index (Phi) is 3.18. The highest BCUT2D eigenvalue weighted by molar-refractivity contribution is 7.90. The molecule has 0 fully saturated rings. The lowest BCUT2D eigenvalue weighted by Crippen LogP contribution is -2.11. The van der Waals surface area contributed by atoms with Gasteiger partial charge in [-0.1, -0.05) is 0 Å². The van der Waals surface area contributed by atoms with Gasteiger partial charge in [0.1, 0.15) is 0 Å². The molecule has 0 saturated carbocycles. The maximum atomic E-state index is 11.2. The Balaban J connectivity index is 2.92. The number of hydrogen-bond acceptors (Lipinski definition) is 3. The first-order valence-corrected chi connectivity index (χ1v) is 6.18. The van der Waals surface area contributed by atoms with Crippen molar-refractivity contribution < 1.29 is 13.2 Å². The van der Waals surface area contributed by atoms with Gasteiger partial charge in [0.2, 0.25) is 5.91 Å². The zero-order valence-electron chi connectivity index (χ0n) is 8.60. The molecule has 1 amide bonds. The minimum atomic E-state index is -3.20. The van der Waals surface area contributed by atoms with Gasteiger partial charge in [-0.15, -0.1) is 0 Å². The van der Waals surface area contributed by atoms with Crippen LogP contribution in [0.15, 0.2) is 17.2 Å². The molecule has 0 saturated heterocycles. The first kappa shape index (κ1) is 11.8. The highest BCUT2D eigenvalue weighted by Crippen LogP contribution is 2.15. The third-order valence-corrected chi connectivity index (χ3v) is 3.04. The molecule has 0 spiro atoms. The molecule has 1 radical (unpaired) electrons. The molecule has 6 heteroatoms. The number of amides is 1. The van der Waals surface area contributed by atoms with Gasteiger partial charge in [0.25, 0.3) is 0 Å². The molecule has 0 aliphatic carbocycles. The molecule has 0 unspecified atom stereocenters. The fourth-order valence-electron chi connectivity index (χ4n) is 1.16. The van der Waals surface area contributed by atoms with Crippen LogP contribution in [0.3, 0.4) is 0 Å². The summed E-state index contributed by atoms with van der Waals surface area (Å²) in [6, 6.07) is 1.51. The van der Waals surface area contributed by atoms with Crippen molar-refractivity contribution in [1.29, 1.82) is 0 Å². The molecule has 0 aliphatic heterocycles. The van der Waals surface area contributed by atoms with E-state index in [0.717, 1.165) is 6.26 Å². The average molecular weight is 229 g/mol. The summed E-state index contributed by atoms with van der Waals surface area (Å²) in [5.74, 6) is -0.447. The monoisotopic (exact) mass is 229 g/mol. The molecule has 0 atom stereocenters. The molecular formula is C9H13N2O3S. The smallest absolute Gasteiger partial charge is 0.218 e. The van der Waals surface area contributed by atoms with Gasteiger partial charge in [0, 0.05) is 38.0 Å². The van der Waals surface area contributed by atoms with Crippen LogP contribution < -0.4 is 5.73 Å². The summed E-state index contributed by atoms with van der Waals surface area (Å²) >= 11 is 0. The predicted octanol–water partition coefficient (Wildman–Crippen LogP) is -0.144. The Labute approximate surface area is 88.8 Å². The summed E-state index contributed by atoms with van der Waals surface area (Å²) in [6.45, 7) is 0. The SMILES string of the molecule is Cn1cc(S(C)(=O)=O)cc1[CH]CC(N)=O. The van der Waals surface area contributed by atoms with Crippen molar-refractivity contribution in [2.24, 2.45) is 12.8 Å². The van der Waals surface area contributed by atoms with Gasteiger partial charge in [-0.2, -0.15) is 0 Å². The number of nitrogens with two attached hydrogens (primary N) is 1. The second kappa shape index (κ2) is 4.06. The fourth-order valence-corrected chi connectivity index (χ4v) is 1.85. The van der Waals surface area contributed by atoms with Crippen molar-refractivity contribution in [3.63, 3.8) is 0 Å². The normalized spacial score (nSPS) is 11.6. The van der Waals surface area contributed by atoms with E-state index in [1.807, 2.05) is 0 Å². The summed E-state index contributed by atoms with van der Waals surface area (Å²) in [5, 5.41) is 0. The van der Waals surface area contributed by atoms with Crippen LogP contribution >= 0.6 is 0 Å². The van der Waals surface area contributed by atoms with E-state index in [2.05, 4.69) is 0 Å². The molecule has 83 valence electrons. The molecule has 0 aromatic carbocycles. The van der Waals surface area contributed by atoms with Crippen molar-refractivity contribution >= 4 is 15.7 Å². The number of sulfone groups is 1. The van der Waals surface area contributed by atoms with Crippen molar-refractivity contribution in [3.05, 3.63) is 24.4 Å². The Morgan fingerprint density at radius 3 is 2.60 bits per heavy atom. The summed E-state index contributed by atoms with van der Waals surface area (Å²) < 4.78 is 24.1. The lowest BCUT2D eigenvalue weighted by atomic mass is 10.2. The highest BCUT2D eigenvalue weighted by Gasteiger charge is 2.12. The fraction of sp³-hybridized carbons (Fsp3) is 0.333. The van der Waals surface area contributed by atoms with Crippen LogP contribution in [0, 0.1) is 6.42 Å². The van der Waals surface area contributed by atoms with E-state index >= 15 is 0 Å². The number of aromatic nitrogens is 1. The van der Waals surface area contributed by atoms with Crippen LogP contribution in [0.1, 0.15) is 12.1 Å². The molecule has 2 N–H and O–H groups in total. The first-order chi connectivity index (χ1) is 6.80. The van der Waals surface area contributed by atoms with Crippen LogP contribution in [0.4, 0.5) is 0 Å². The van der Waals surface area contributed by atoms with E-state index in [1.165, 1.54) is 12.3 Å². The number of nitrogens with zero attached hydrogens (tertiary/aromatic N) is 1. The van der Waals surface area contributed by atoms with E-state index in [1.54, 1.807) is 18.0 Å². The van der Waals surface area contributed by atoms with Crippen molar-refractivity contribution in [3.8, 4) is 0 Å². The highest BCUT2D eigenvalue weighted by atomic mass is 32.2. The zero-order chi connectivity index (χ0) is 11.6. The largest absolute Gasteiger partial charge is 0.370 e. The summed E-state index contributed by atoms with van der Waals surface area (Å²) in [7, 11) is -1.49. The molecule has 1 heterocycles.